The predicted octanol–water partition coefficient (Wildman–Crippen LogP) is 3.00. The van der Waals surface area contributed by atoms with E-state index in [1.165, 1.54) is 12.1 Å². The fourth-order valence-electron chi connectivity index (χ4n) is 3.61. The second kappa shape index (κ2) is 9.27. The van der Waals surface area contributed by atoms with Crippen molar-refractivity contribution in [3.63, 3.8) is 0 Å². The summed E-state index contributed by atoms with van der Waals surface area (Å²) in [6.45, 7) is 1.15. The van der Waals surface area contributed by atoms with Crippen LogP contribution in [0.3, 0.4) is 0 Å². The summed E-state index contributed by atoms with van der Waals surface area (Å²) in [7, 11) is 5.45. The molecule has 1 aromatic carbocycles. The first-order valence-corrected chi connectivity index (χ1v) is 10.3. The molecular formula is C23H25FN6O2. The SMILES string of the molecule is CNc1cc(C(=O)N2CCOC(c3nc(N(C)C)ncc3-c3cccc(F)c3)C2)ccn1. The number of ether oxygens (including phenoxy) is 1. The van der Waals surface area contributed by atoms with Gasteiger partial charge < -0.3 is 19.9 Å². The van der Waals surface area contributed by atoms with Gasteiger partial charge in [0, 0.05) is 51.2 Å². The van der Waals surface area contributed by atoms with E-state index < -0.39 is 6.10 Å². The maximum absolute atomic E-state index is 13.9. The summed E-state index contributed by atoms with van der Waals surface area (Å²) in [5.74, 6) is 0.691. The second-order valence-corrected chi connectivity index (χ2v) is 7.66. The Balaban J connectivity index is 1.67. The van der Waals surface area contributed by atoms with Crippen LogP contribution in [0.2, 0.25) is 0 Å². The maximum atomic E-state index is 13.9. The van der Waals surface area contributed by atoms with Crippen molar-refractivity contribution >= 4 is 17.7 Å². The molecule has 1 aliphatic heterocycles. The molecule has 1 fully saturated rings. The summed E-state index contributed by atoms with van der Waals surface area (Å²) < 4.78 is 19.9. The zero-order valence-corrected chi connectivity index (χ0v) is 18.2. The average Bonchev–Trinajstić information content (AvgIpc) is 2.83. The summed E-state index contributed by atoms with van der Waals surface area (Å²) in [6, 6.07) is 9.71. The molecule has 9 heteroatoms. The highest BCUT2D eigenvalue weighted by Crippen LogP contribution is 2.32. The molecule has 0 radical (unpaired) electrons. The number of amides is 1. The highest BCUT2D eigenvalue weighted by atomic mass is 19.1. The van der Waals surface area contributed by atoms with Gasteiger partial charge in [0.1, 0.15) is 17.7 Å². The van der Waals surface area contributed by atoms with Crippen molar-refractivity contribution in [2.45, 2.75) is 6.10 Å². The molecule has 1 N–H and O–H groups in total. The van der Waals surface area contributed by atoms with Gasteiger partial charge in [-0.25, -0.2) is 19.3 Å². The van der Waals surface area contributed by atoms with E-state index in [2.05, 4.69) is 15.3 Å². The Morgan fingerprint density at radius 2 is 2.09 bits per heavy atom. The molecule has 0 aliphatic carbocycles. The number of benzene rings is 1. The number of anilines is 2. The van der Waals surface area contributed by atoms with E-state index in [0.29, 0.717) is 53.8 Å². The van der Waals surface area contributed by atoms with Crippen molar-refractivity contribution in [2.75, 3.05) is 51.1 Å². The van der Waals surface area contributed by atoms with Gasteiger partial charge in [-0.1, -0.05) is 12.1 Å². The Morgan fingerprint density at radius 3 is 2.84 bits per heavy atom. The number of carbonyl (C=O) groups excluding carboxylic acids is 1. The van der Waals surface area contributed by atoms with E-state index >= 15 is 0 Å². The molecule has 166 valence electrons. The quantitative estimate of drug-likeness (QED) is 0.658. The Morgan fingerprint density at radius 1 is 1.25 bits per heavy atom. The van der Waals surface area contributed by atoms with Gasteiger partial charge in [0.05, 0.1) is 18.8 Å². The Labute approximate surface area is 186 Å². The van der Waals surface area contributed by atoms with Crippen LogP contribution in [0, 0.1) is 5.82 Å². The van der Waals surface area contributed by atoms with E-state index in [1.807, 2.05) is 20.2 Å². The number of nitrogens with zero attached hydrogens (tertiary/aromatic N) is 5. The van der Waals surface area contributed by atoms with Crippen molar-refractivity contribution in [3.05, 3.63) is 65.9 Å². The molecule has 3 heterocycles. The first kappa shape index (κ1) is 21.6. The van der Waals surface area contributed by atoms with Crippen LogP contribution in [-0.2, 0) is 4.74 Å². The van der Waals surface area contributed by atoms with Crippen LogP contribution in [0.25, 0.3) is 11.1 Å². The van der Waals surface area contributed by atoms with Crippen LogP contribution in [0.1, 0.15) is 22.2 Å². The number of morpholine rings is 1. The van der Waals surface area contributed by atoms with E-state index in [4.69, 9.17) is 9.72 Å². The number of nitrogens with one attached hydrogen (secondary N) is 1. The van der Waals surface area contributed by atoms with Gasteiger partial charge >= 0.3 is 0 Å². The van der Waals surface area contributed by atoms with E-state index in [0.717, 1.165) is 0 Å². The van der Waals surface area contributed by atoms with E-state index in [-0.39, 0.29) is 11.7 Å². The lowest BCUT2D eigenvalue weighted by Crippen LogP contribution is -2.42. The Hall–Kier alpha value is -3.59. The first-order valence-electron chi connectivity index (χ1n) is 10.3. The summed E-state index contributed by atoms with van der Waals surface area (Å²) in [5.41, 5.74) is 2.50. The first-order chi connectivity index (χ1) is 15.5. The number of rotatable bonds is 5. The minimum absolute atomic E-state index is 0.105. The smallest absolute Gasteiger partial charge is 0.254 e. The molecule has 4 rings (SSSR count). The molecule has 1 amide bonds. The monoisotopic (exact) mass is 436 g/mol. The number of aromatic nitrogens is 3. The minimum atomic E-state index is -0.474. The van der Waals surface area contributed by atoms with Crippen molar-refractivity contribution in [2.24, 2.45) is 0 Å². The fraction of sp³-hybridized carbons (Fsp3) is 0.304. The molecule has 1 atom stereocenters. The molecule has 1 saturated heterocycles. The van der Waals surface area contributed by atoms with Crippen LogP contribution < -0.4 is 10.2 Å². The lowest BCUT2D eigenvalue weighted by Gasteiger charge is -2.33. The summed E-state index contributed by atoms with van der Waals surface area (Å²) in [4.78, 5) is 30.0. The van der Waals surface area contributed by atoms with E-state index in [1.54, 1.807) is 47.4 Å². The van der Waals surface area contributed by atoms with Crippen LogP contribution in [0.5, 0.6) is 0 Å². The van der Waals surface area contributed by atoms with Gasteiger partial charge in [-0.05, 0) is 29.8 Å². The summed E-state index contributed by atoms with van der Waals surface area (Å²) in [5, 5.41) is 2.95. The molecule has 3 aromatic rings. The number of halogens is 1. The lowest BCUT2D eigenvalue weighted by molar-refractivity contribution is -0.0244. The standard InChI is InChI=1S/C23H25FN6O2/c1-25-20-12-16(7-8-26-20)22(31)30-9-10-32-19(14-30)21-18(13-27-23(28-21)29(2)3)15-5-4-6-17(24)11-15/h4-8,11-13,19H,9-10,14H2,1-3H3,(H,25,26). The van der Waals surface area contributed by atoms with Gasteiger partial charge in [-0.2, -0.15) is 0 Å². The number of hydrogen-bond acceptors (Lipinski definition) is 7. The molecule has 32 heavy (non-hydrogen) atoms. The molecule has 8 nitrogen and oxygen atoms in total. The normalized spacial score (nSPS) is 16.0. The van der Waals surface area contributed by atoms with Crippen LogP contribution in [-0.4, -0.2) is 66.6 Å². The predicted molar refractivity (Wildman–Crippen MR) is 120 cm³/mol. The highest BCUT2D eigenvalue weighted by Gasteiger charge is 2.30. The van der Waals surface area contributed by atoms with E-state index in [9.17, 15) is 9.18 Å². The van der Waals surface area contributed by atoms with Gasteiger partial charge in [0.25, 0.3) is 5.91 Å². The molecule has 0 bridgehead atoms. The van der Waals surface area contributed by atoms with Crippen molar-refractivity contribution < 1.29 is 13.9 Å². The van der Waals surface area contributed by atoms with Crippen molar-refractivity contribution in [1.29, 1.82) is 0 Å². The van der Waals surface area contributed by atoms with Crippen LogP contribution in [0.15, 0.2) is 48.8 Å². The topological polar surface area (TPSA) is 83.5 Å². The second-order valence-electron chi connectivity index (χ2n) is 7.66. The molecule has 2 aromatic heterocycles. The van der Waals surface area contributed by atoms with Gasteiger partial charge in [-0.3, -0.25) is 4.79 Å². The largest absolute Gasteiger partial charge is 0.373 e. The number of hydrogen-bond donors (Lipinski definition) is 1. The molecule has 1 unspecified atom stereocenters. The molecule has 0 spiro atoms. The Kier molecular flexibility index (Phi) is 6.27. The van der Waals surface area contributed by atoms with Gasteiger partial charge in [-0.15, -0.1) is 0 Å². The third kappa shape index (κ3) is 4.52. The summed E-state index contributed by atoms with van der Waals surface area (Å²) in [6.07, 6.45) is 2.81. The van der Waals surface area contributed by atoms with Gasteiger partial charge in [0.2, 0.25) is 5.95 Å². The van der Waals surface area contributed by atoms with Gasteiger partial charge in [0.15, 0.2) is 0 Å². The molecule has 0 saturated carbocycles. The zero-order chi connectivity index (χ0) is 22.7. The lowest BCUT2D eigenvalue weighted by atomic mass is 10.0. The average molecular weight is 436 g/mol. The highest BCUT2D eigenvalue weighted by molar-refractivity contribution is 5.95. The van der Waals surface area contributed by atoms with Crippen molar-refractivity contribution in [1.82, 2.24) is 19.9 Å². The third-order valence-corrected chi connectivity index (χ3v) is 5.26. The third-order valence-electron chi connectivity index (χ3n) is 5.26. The summed E-state index contributed by atoms with van der Waals surface area (Å²) >= 11 is 0. The van der Waals surface area contributed by atoms with Crippen LogP contribution in [0.4, 0.5) is 16.2 Å². The minimum Gasteiger partial charge on any atom is -0.373 e. The molecular weight excluding hydrogens is 411 g/mol. The number of carbonyl (C=O) groups is 1. The van der Waals surface area contributed by atoms with Crippen molar-refractivity contribution in [3.8, 4) is 11.1 Å². The fourth-order valence-corrected chi connectivity index (χ4v) is 3.61. The molecule has 1 aliphatic rings. The maximum Gasteiger partial charge on any atom is 0.254 e. The Bertz CT molecular complexity index is 1120. The zero-order valence-electron chi connectivity index (χ0n) is 18.2. The van der Waals surface area contributed by atoms with Crippen LogP contribution >= 0.6 is 0 Å². The number of pyridine rings is 1.